The highest BCUT2D eigenvalue weighted by molar-refractivity contribution is 5.18. The van der Waals surface area contributed by atoms with Crippen LogP contribution >= 0.6 is 0 Å². The Hall–Kier alpha value is -1.00. The fraction of sp³-hybridized carbons (Fsp3) is 0.571. The summed E-state index contributed by atoms with van der Waals surface area (Å²) in [7, 11) is 0. The van der Waals surface area contributed by atoms with Crippen molar-refractivity contribution in [1.82, 2.24) is 10.2 Å². The largest absolute Gasteiger partial charge is 0.316 e. The van der Waals surface area contributed by atoms with E-state index in [1.165, 1.54) is 25.0 Å². The SMILES string of the molecule is Fc1ccc(CN2CCC3(CCNC3)C2)cc1F. The van der Waals surface area contributed by atoms with Crippen LogP contribution in [0.15, 0.2) is 18.2 Å². The maximum absolute atomic E-state index is 13.1. The van der Waals surface area contributed by atoms with Crippen molar-refractivity contribution in [2.75, 3.05) is 26.2 Å². The Bertz CT molecular complexity index is 441. The van der Waals surface area contributed by atoms with Gasteiger partial charge in [-0.3, -0.25) is 4.90 Å². The van der Waals surface area contributed by atoms with Crippen molar-refractivity contribution in [2.24, 2.45) is 5.41 Å². The van der Waals surface area contributed by atoms with Crippen LogP contribution in [0.25, 0.3) is 0 Å². The van der Waals surface area contributed by atoms with E-state index < -0.39 is 11.6 Å². The molecule has 4 heteroatoms. The van der Waals surface area contributed by atoms with Crippen molar-refractivity contribution in [1.29, 1.82) is 0 Å². The Morgan fingerprint density at radius 2 is 2.11 bits per heavy atom. The van der Waals surface area contributed by atoms with Gasteiger partial charge in [-0.25, -0.2) is 8.78 Å². The first-order valence-electron chi connectivity index (χ1n) is 6.54. The van der Waals surface area contributed by atoms with Gasteiger partial charge in [-0.05, 0) is 49.0 Å². The summed E-state index contributed by atoms with van der Waals surface area (Å²) < 4.78 is 26.0. The summed E-state index contributed by atoms with van der Waals surface area (Å²) in [5.41, 5.74) is 1.29. The molecule has 1 N–H and O–H groups in total. The summed E-state index contributed by atoms with van der Waals surface area (Å²) in [5.74, 6) is -1.51. The van der Waals surface area contributed by atoms with Crippen LogP contribution < -0.4 is 5.32 Å². The molecule has 1 spiro atoms. The number of nitrogens with zero attached hydrogens (tertiary/aromatic N) is 1. The van der Waals surface area contributed by atoms with Crippen molar-refractivity contribution < 1.29 is 8.78 Å². The van der Waals surface area contributed by atoms with Crippen LogP contribution in [0.4, 0.5) is 8.78 Å². The number of likely N-dealkylation sites (tertiary alicyclic amines) is 1. The molecule has 1 aromatic carbocycles. The second-order valence-corrected chi connectivity index (χ2v) is 5.64. The molecule has 1 unspecified atom stereocenters. The summed E-state index contributed by atoms with van der Waals surface area (Å²) in [6.07, 6.45) is 2.45. The van der Waals surface area contributed by atoms with Crippen molar-refractivity contribution in [2.45, 2.75) is 19.4 Å². The molecule has 0 amide bonds. The van der Waals surface area contributed by atoms with Gasteiger partial charge in [-0.15, -0.1) is 0 Å². The van der Waals surface area contributed by atoms with Crippen molar-refractivity contribution >= 4 is 0 Å². The molecule has 0 radical (unpaired) electrons. The second kappa shape index (κ2) is 4.59. The molecule has 18 heavy (non-hydrogen) atoms. The van der Waals surface area contributed by atoms with E-state index in [2.05, 4.69) is 10.2 Å². The van der Waals surface area contributed by atoms with Crippen LogP contribution in [-0.4, -0.2) is 31.1 Å². The highest BCUT2D eigenvalue weighted by Gasteiger charge is 2.39. The van der Waals surface area contributed by atoms with E-state index in [4.69, 9.17) is 0 Å². The molecule has 2 heterocycles. The highest BCUT2D eigenvalue weighted by atomic mass is 19.2. The Morgan fingerprint density at radius 3 is 2.83 bits per heavy atom. The van der Waals surface area contributed by atoms with Gasteiger partial charge in [-0.2, -0.15) is 0 Å². The lowest BCUT2D eigenvalue weighted by Gasteiger charge is -2.22. The first-order chi connectivity index (χ1) is 8.67. The normalized spacial score (nSPS) is 28.3. The molecule has 2 nitrogen and oxygen atoms in total. The first-order valence-corrected chi connectivity index (χ1v) is 6.54. The maximum Gasteiger partial charge on any atom is 0.159 e. The molecule has 3 rings (SSSR count). The minimum Gasteiger partial charge on any atom is -0.316 e. The van der Waals surface area contributed by atoms with Crippen LogP contribution in [0.1, 0.15) is 18.4 Å². The number of halogens is 2. The third-order valence-corrected chi connectivity index (χ3v) is 4.24. The molecule has 2 fully saturated rings. The van der Waals surface area contributed by atoms with Crippen molar-refractivity contribution in [3.05, 3.63) is 35.4 Å². The van der Waals surface area contributed by atoms with E-state index in [1.807, 2.05) is 0 Å². The molecule has 0 bridgehead atoms. The molecular weight excluding hydrogens is 234 g/mol. The molecule has 0 saturated carbocycles. The number of hydrogen-bond acceptors (Lipinski definition) is 2. The Kier molecular flexibility index (Phi) is 3.08. The Labute approximate surface area is 106 Å². The fourth-order valence-electron chi connectivity index (χ4n) is 3.20. The van der Waals surface area contributed by atoms with Crippen LogP contribution in [-0.2, 0) is 6.54 Å². The first kappa shape index (κ1) is 12.1. The summed E-state index contributed by atoms with van der Waals surface area (Å²) in [5, 5.41) is 3.42. The summed E-state index contributed by atoms with van der Waals surface area (Å²) in [4.78, 5) is 2.35. The zero-order valence-corrected chi connectivity index (χ0v) is 10.4. The van der Waals surface area contributed by atoms with E-state index in [9.17, 15) is 8.78 Å². The van der Waals surface area contributed by atoms with Gasteiger partial charge >= 0.3 is 0 Å². The fourth-order valence-corrected chi connectivity index (χ4v) is 3.20. The van der Waals surface area contributed by atoms with Gasteiger partial charge in [0.1, 0.15) is 0 Å². The monoisotopic (exact) mass is 252 g/mol. The number of hydrogen-bond donors (Lipinski definition) is 1. The molecule has 0 aliphatic carbocycles. The Morgan fingerprint density at radius 1 is 1.22 bits per heavy atom. The molecule has 2 aliphatic rings. The summed E-state index contributed by atoms with van der Waals surface area (Å²) >= 11 is 0. The van der Waals surface area contributed by atoms with Crippen LogP contribution in [0.3, 0.4) is 0 Å². The maximum atomic E-state index is 13.1. The molecule has 98 valence electrons. The van der Waals surface area contributed by atoms with E-state index in [0.717, 1.165) is 38.3 Å². The zero-order chi connectivity index (χ0) is 12.6. The lowest BCUT2D eigenvalue weighted by molar-refractivity contribution is 0.268. The minimum atomic E-state index is -0.767. The lowest BCUT2D eigenvalue weighted by atomic mass is 9.86. The van der Waals surface area contributed by atoms with E-state index in [1.54, 1.807) is 6.07 Å². The standard InChI is InChI=1S/C14H18F2N2/c15-12-2-1-11(7-13(12)16)8-18-6-4-14(10-18)3-5-17-9-14/h1-2,7,17H,3-6,8-10H2. The van der Waals surface area contributed by atoms with Gasteiger partial charge in [0.25, 0.3) is 0 Å². The zero-order valence-electron chi connectivity index (χ0n) is 10.4. The quantitative estimate of drug-likeness (QED) is 0.867. The topological polar surface area (TPSA) is 15.3 Å². The van der Waals surface area contributed by atoms with Gasteiger partial charge in [-0.1, -0.05) is 6.07 Å². The van der Waals surface area contributed by atoms with Crippen LogP contribution in [0, 0.1) is 17.0 Å². The Balaban J connectivity index is 1.65. The molecule has 1 aromatic rings. The predicted octanol–water partition coefficient (Wildman–Crippen LogP) is 2.15. The van der Waals surface area contributed by atoms with Crippen LogP contribution in [0.2, 0.25) is 0 Å². The second-order valence-electron chi connectivity index (χ2n) is 5.64. The van der Waals surface area contributed by atoms with Crippen LogP contribution in [0.5, 0.6) is 0 Å². The van der Waals surface area contributed by atoms with Gasteiger partial charge < -0.3 is 5.32 Å². The van der Waals surface area contributed by atoms with Gasteiger partial charge in [0.2, 0.25) is 0 Å². The van der Waals surface area contributed by atoms with Crippen molar-refractivity contribution in [3.8, 4) is 0 Å². The molecule has 2 saturated heterocycles. The smallest absolute Gasteiger partial charge is 0.159 e. The van der Waals surface area contributed by atoms with E-state index >= 15 is 0 Å². The van der Waals surface area contributed by atoms with E-state index in [0.29, 0.717) is 5.41 Å². The predicted molar refractivity (Wildman–Crippen MR) is 66.2 cm³/mol. The van der Waals surface area contributed by atoms with Crippen molar-refractivity contribution in [3.63, 3.8) is 0 Å². The minimum absolute atomic E-state index is 0.429. The third kappa shape index (κ3) is 2.27. The van der Waals surface area contributed by atoms with Gasteiger partial charge in [0, 0.05) is 19.6 Å². The third-order valence-electron chi connectivity index (χ3n) is 4.24. The average molecular weight is 252 g/mol. The van der Waals surface area contributed by atoms with E-state index in [-0.39, 0.29) is 0 Å². The molecular formula is C14H18F2N2. The lowest BCUT2D eigenvalue weighted by Crippen LogP contribution is -2.28. The number of benzene rings is 1. The van der Waals surface area contributed by atoms with Gasteiger partial charge in [0.05, 0.1) is 0 Å². The number of rotatable bonds is 2. The van der Waals surface area contributed by atoms with Gasteiger partial charge in [0.15, 0.2) is 11.6 Å². The molecule has 0 aromatic heterocycles. The summed E-state index contributed by atoms with van der Waals surface area (Å²) in [6, 6.07) is 4.21. The average Bonchev–Trinajstić information content (AvgIpc) is 2.96. The molecule has 2 aliphatic heterocycles. The molecule has 1 atom stereocenters. The number of nitrogens with one attached hydrogen (secondary N) is 1. The summed E-state index contributed by atoms with van der Waals surface area (Å²) in [6.45, 7) is 5.05. The highest BCUT2D eigenvalue weighted by Crippen LogP contribution is 2.36.